The lowest BCUT2D eigenvalue weighted by Gasteiger charge is -2.11. The van der Waals surface area contributed by atoms with Crippen molar-refractivity contribution in [3.63, 3.8) is 0 Å². The Morgan fingerprint density at radius 1 is 0.667 bits per heavy atom. The van der Waals surface area contributed by atoms with Gasteiger partial charge in [-0.3, -0.25) is 9.59 Å². The summed E-state index contributed by atoms with van der Waals surface area (Å²) in [6, 6.07) is 7.21. The van der Waals surface area contributed by atoms with Gasteiger partial charge in [0, 0.05) is 51.6 Å². The summed E-state index contributed by atoms with van der Waals surface area (Å²) < 4.78 is 0. The number of nitrogens with one attached hydrogen (secondary N) is 2. The number of aliphatic carboxylic acids is 2. The van der Waals surface area contributed by atoms with Crippen LogP contribution in [-0.2, 0) is 9.59 Å². The lowest BCUT2D eigenvalue weighted by Crippen LogP contribution is -2.08. The Kier molecular flexibility index (Phi) is 15.2. The van der Waals surface area contributed by atoms with Gasteiger partial charge in [0.05, 0.1) is 28.9 Å². The Morgan fingerprint density at radius 3 is 1.83 bits per heavy atom. The second-order valence-electron chi connectivity index (χ2n) is 16.2. The number of aryl methyl sites for hydroxylation is 2. The third-order valence-electron chi connectivity index (χ3n) is 11.4. The van der Waals surface area contributed by atoms with E-state index < -0.39 is 24.3 Å². The van der Waals surface area contributed by atoms with Gasteiger partial charge < -0.3 is 35.5 Å². The average Bonchev–Trinajstić information content (AvgIpc) is 3.85. The number of carbonyl (C=O) groups is 2. The molecule has 318 valence electrons. The molecule has 11 heteroatoms. The van der Waals surface area contributed by atoms with Crippen LogP contribution in [0.2, 0.25) is 0 Å². The smallest absolute Gasteiger partial charge is 0.303 e. The number of hydrogen-bond acceptors (Lipinski definition) is 7. The molecule has 8 bridgehead atoms. The molecule has 3 aromatic heterocycles. The molecule has 0 radical (unpaired) electrons. The molecule has 2 aliphatic heterocycles. The maximum atomic E-state index is 11.9. The van der Waals surface area contributed by atoms with Gasteiger partial charge in [-0.2, -0.15) is 0 Å². The van der Waals surface area contributed by atoms with Crippen molar-refractivity contribution in [2.24, 2.45) is 0 Å². The first-order valence-corrected chi connectivity index (χ1v) is 20.7. The molecule has 0 fully saturated rings. The summed E-state index contributed by atoms with van der Waals surface area (Å²) in [4.78, 5) is 40.3. The van der Waals surface area contributed by atoms with Crippen LogP contribution in [0.15, 0.2) is 65.8 Å². The second-order valence-corrected chi connectivity index (χ2v) is 16.2. The van der Waals surface area contributed by atoms with E-state index in [2.05, 4.69) is 62.5 Å². The number of H-pyrrole nitrogens is 2. The summed E-state index contributed by atoms with van der Waals surface area (Å²) in [5.74, 6) is -2.03. The summed E-state index contributed by atoms with van der Waals surface area (Å²) >= 11 is 0. The van der Waals surface area contributed by atoms with Gasteiger partial charge in [0.25, 0.3) is 0 Å². The maximum absolute atomic E-state index is 11.9. The van der Waals surface area contributed by atoms with E-state index in [1.165, 1.54) is 16.7 Å². The number of allylic oxidation sites excluding steroid dienone is 9. The largest absolute Gasteiger partial charge is 0.481 e. The number of nitrogens with zero attached hydrogens (tertiary/aromatic N) is 2. The van der Waals surface area contributed by atoms with Crippen LogP contribution in [0.1, 0.15) is 150 Å². The summed E-state index contributed by atoms with van der Waals surface area (Å²) in [5, 5.41) is 52.7. The molecular weight excluding hydrogens is 757 g/mol. The number of carboxylic acids is 2. The van der Waals surface area contributed by atoms with Crippen molar-refractivity contribution in [1.29, 1.82) is 0 Å². The highest BCUT2D eigenvalue weighted by molar-refractivity contribution is 5.97. The number of aromatic amines is 2. The lowest BCUT2D eigenvalue weighted by molar-refractivity contribution is -0.137. The monoisotopic (exact) mass is 816 g/mol. The van der Waals surface area contributed by atoms with Crippen LogP contribution in [0.3, 0.4) is 0 Å². The van der Waals surface area contributed by atoms with Gasteiger partial charge >= 0.3 is 11.9 Å². The van der Waals surface area contributed by atoms with Crippen molar-refractivity contribution in [3.8, 4) is 0 Å². The molecule has 0 saturated carbocycles. The molecule has 0 amide bonds. The van der Waals surface area contributed by atoms with Crippen molar-refractivity contribution in [3.05, 3.63) is 111 Å². The Bertz CT molecular complexity index is 2480. The molecule has 5 heterocycles. The molecule has 5 rings (SSSR count). The predicted octanol–water partition coefficient (Wildman–Crippen LogP) is 10.7. The summed E-state index contributed by atoms with van der Waals surface area (Å²) in [7, 11) is 0. The highest BCUT2D eigenvalue weighted by Gasteiger charge is 2.27. The van der Waals surface area contributed by atoms with Gasteiger partial charge in [-0.05, 0) is 152 Å². The Balaban J connectivity index is 1.67. The lowest BCUT2D eigenvalue weighted by atomic mass is 9.97. The van der Waals surface area contributed by atoms with E-state index in [1.54, 1.807) is 18.2 Å². The fourth-order valence-electron chi connectivity index (χ4n) is 8.03. The number of aliphatic hydroxyl groups is 3. The zero-order valence-electron chi connectivity index (χ0n) is 36.0. The molecule has 0 saturated heterocycles. The number of aromatic nitrogens is 4. The van der Waals surface area contributed by atoms with Gasteiger partial charge in [0.1, 0.15) is 0 Å². The number of aliphatic hydroxyl groups excluding tert-OH is 2. The van der Waals surface area contributed by atoms with Crippen LogP contribution >= 0.6 is 0 Å². The Morgan fingerprint density at radius 2 is 1.22 bits per heavy atom. The molecule has 1 unspecified atom stereocenters. The van der Waals surface area contributed by atoms with Crippen molar-refractivity contribution < 1.29 is 35.1 Å². The molecule has 1 atom stereocenters. The minimum absolute atomic E-state index is 0.0448. The number of fused-ring (bicyclic) bond motifs is 8. The van der Waals surface area contributed by atoms with E-state index >= 15 is 0 Å². The van der Waals surface area contributed by atoms with Crippen molar-refractivity contribution in [2.75, 3.05) is 0 Å². The van der Waals surface area contributed by atoms with Crippen LogP contribution in [0.5, 0.6) is 0 Å². The van der Waals surface area contributed by atoms with E-state index in [0.717, 1.165) is 59.0 Å². The fourth-order valence-corrected chi connectivity index (χ4v) is 8.03. The molecule has 7 N–H and O–H groups in total. The molecule has 2 aliphatic rings. The van der Waals surface area contributed by atoms with E-state index in [9.17, 15) is 35.1 Å². The minimum atomic E-state index is -1.98. The van der Waals surface area contributed by atoms with E-state index in [4.69, 9.17) is 9.97 Å². The van der Waals surface area contributed by atoms with Crippen molar-refractivity contribution in [2.45, 2.75) is 125 Å². The third-order valence-corrected chi connectivity index (χ3v) is 11.4. The standard InChI is InChI=1S/C49H60N4O7/c1-9-33-30(6)37-24-42-47(44(54)18-12-17-29(5)16-11-15-28(4)14-10-13-27(2)3)32(8)38(52-42)25-43-48(49(59)60)35(20-22-46(57)58)41(53-43)26-40-34(19-21-45(55)56)31(7)36(51-40)23-39(33)50-37/h9,13,15,17,23-26,44,49-50,52,54,59-60H,1,10-12,14,16,18-22H2,2-8H3,(H,55,56)(H,57,58)/b28-15+,29-17+,36-23?,37-24?,38-25?,39-23?,40-26?,41-26?,42-24?,43-25?. The van der Waals surface area contributed by atoms with E-state index in [-0.39, 0.29) is 37.0 Å². The van der Waals surface area contributed by atoms with Crippen LogP contribution in [0.25, 0.3) is 50.4 Å². The molecular formula is C49H60N4O7. The first-order chi connectivity index (χ1) is 28.5. The maximum Gasteiger partial charge on any atom is 0.303 e. The summed E-state index contributed by atoms with van der Waals surface area (Å²) in [6.07, 6.45) is 10.6. The van der Waals surface area contributed by atoms with Gasteiger partial charge in [-0.15, -0.1) is 0 Å². The molecule has 0 aromatic carbocycles. The number of carboxylic acid groups (broad SMARTS) is 2. The van der Waals surface area contributed by atoms with E-state index in [0.29, 0.717) is 57.7 Å². The topological polar surface area (TPSA) is 193 Å². The Hall–Kier alpha value is -5.62. The van der Waals surface area contributed by atoms with Gasteiger partial charge in [0.15, 0.2) is 6.29 Å². The third kappa shape index (κ3) is 10.9. The predicted molar refractivity (Wildman–Crippen MR) is 241 cm³/mol. The zero-order chi connectivity index (χ0) is 43.8. The first kappa shape index (κ1) is 45.5. The van der Waals surface area contributed by atoms with Crippen LogP contribution < -0.4 is 0 Å². The molecule has 3 aromatic rings. The van der Waals surface area contributed by atoms with Gasteiger partial charge in [-0.25, -0.2) is 9.97 Å². The zero-order valence-corrected chi connectivity index (χ0v) is 36.0. The van der Waals surface area contributed by atoms with Crippen molar-refractivity contribution >= 4 is 62.4 Å². The molecule has 0 aliphatic carbocycles. The molecule has 11 nitrogen and oxygen atoms in total. The highest BCUT2D eigenvalue weighted by atomic mass is 16.5. The highest BCUT2D eigenvalue weighted by Crippen LogP contribution is 2.40. The SMILES string of the molecule is C=Cc1c(C)c2cc3[nH]c(cc4nc(cc5nc(cc1[nH]2)C(C)=C5CCC(=O)O)C(CCC(=O)O)=C4C(O)O)c(C)c3C(O)CC/C=C(\C)CC/C=C(\C)CCC=C(C)C. The Labute approximate surface area is 352 Å². The summed E-state index contributed by atoms with van der Waals surface area (Å²) in [5.41, 5.74) is 13.4. The quantitative estimate of drug-likeness (QED) is 0.0483. The molecule has 0 spiro atoms. The average molecular weight is 817 g/mol. The minimum Gasteiger partial charge on any atom is -0.481 e. The van der Waals surface area contributed by atoms with Crippen molar-refractivity contribution in [1.82, 2.24) is 19.9 Å². The van der Waals surface area contributed by atoms with E-state index in [1.807, 2.05) is 32.9 Å². The number of hydrogen-bond donors (Lipinski definition) is 7. The molecule has 60 heavy (non-hydrogen) atoms. The summed E-state index contributed by atoms with van der Waals surface area (Å²) in [6.45, 7) is 18.4. The normalized spacial score (nSPS) is 14.0. The second kappa shape index (κ2) is 20.1. The first-order valence-electron chi connectivity index (χ1n) is 20.7. The fraction of sp³-hybridized carbons (Fsp3) is 0.388. The van der Waals surface area contributed by atoms with Crippen LogP contribution in [-0.4, -0.2) is 63.7 Å². The number of rotatable bonds is 18. The van der Waals surface area contributed by atoms with Crippen LogP contribution in [0.4, 0.5) is 0 Å². The van der Waals surface area contributed by atoms with Crippen LogP contribution in [0, 0.1) is 13.8 Å². The van der Waals surface area contributed by atoms with Gasteiger partial charge in [-0.1, -0.05) is 47.6 Å². The van der Waals surface area contributed by atoms with Gasteiger partial charge in [0.2, 0.25) is 0 Å².